The summed E-state index contributed by atoms with van der Waals surface area (Å²) in [6.45, 7) is 3.97. The second-order valence-electron chi connectivity index (χ2n) is 5.58. The van der Waals surface area contributed by atoms with Gasteiger partial charge < -0.3 is 9.47 Å². The second kappa shape index (κ2) is 5.28. The van der Waals surface area contributed by atoms with Gasteiger partial charge in [-0.3, -0.25) is 4.90 Å². The molecule has 0 saturated carbocycles. The maximum Gasteiger partial charge on any atom is 0.126 e. The zero-order valence-electron chi connectivity index (χ0n) is 12.1. The van der Waals surface area contributed by atoms with Gasteiger partial charge in [0, 0.05) is 55.9 Å². The molecule has 1 saturated heterocycles. The van der Waals surface area contributed by atoms with Crippen molar-refractivity contribution in [3.8, 4) is 6.07 Å². The van der Waals surface area contributed by atoms with Crippen molar-refractivity contribution in [3.05, 3.63) is 36.0 Å². The SMILES string of the molecule is CN1CCN(C(C#N)c2cn(C)c3ccccc23)CC1. The molecule has 1 aliphatic rings. The van der Waals surface area contributed by atoms with E-state index in [0.717, 1.165) is 31.7 Å². The van der Waals surface area contributed by atoms with Gasteiger partial charge in [0.05, 0.1) is 6.07 Å². The maximum atomic E-state index is 9.65. The van der Waals surface area contributed by atoms with Gasteiger partial charge in [-0.05, 0) is 13.1 Å². The van der Waals surface area contributed by atoms with Gasteiger partial charge in [-0.1, -0.05) is 18.2 Å². The van der Waals surface area contributed by atoms with E-state index in [1.165, 1.54) is 10.9 Å². The first-order valence-electron chi connectivity index (χ1n) is 7.07. The van der Waals surface area contributed by atoms with Gasteiger partial charge in [-0.15, -0.1) is 0 Å². The number of nitrogens with zero attached hydrogens (tertiary/aromatic N) is 4. The Labute approximate surface area is 119 Å². The minimum Gasteiger partial charge on any atom is -0.350 e. The van der Waals surface area contributed by atoms with Crippen LogP contribution in [0.5, 0.6) is 0 Å². The minimum absolute atomic E-state index is 0.144. The predicted molar refractivity (Wildman–Crippen MR) is 80.3 cm³/mol. The lowest BCUT2D eigenvalue weighted by molar-refractivity contribution is 0.133. The van der Waals surface area contributed by atoms with Crippen LogP contribution in [0.2, 0.25) is 0 Å². The lowest BCUT2D eigenvalue weighted by atomic mass is 10.0. The smallest absolute Gasteiger partial charge is 0.126 e. The van der Waals surface area contributed by atoms with Gasteiger partial charge in [0.2, 0.25) is 0 Å². The fourth-order valence-corrected chi connectivity index (χ4v) is 3.02. The molecule has 1 atom stereocenters. The van der Waals surface area contributed by atoms with Crippen molar-refractivity contribution in [3.63, 3.8) is 0 Å². The number of hydrogen-bond donors (Lipinski definition) is 0. The largest absolute Gasteiger partial charge is 0.350 e. The Bertz CT molecular complexity index is 644. The predicted octanol–water partition coefficient (Wildman–Crippen LogP) is 1.99. The molecule has 4 nitrogen and oxygen atoms in total. The van der Waals surface area contributed by atoms with Crippen molar-refractivity contribution >= 4 is 10.9 Å². The molecule has 0 N–H and O–H groups in total. The van der Waals surface area contributed by atoms with Crippen LogP contribution < -0.4 is 0 Å². The second-order valence-corrected chi connectivity index (χ2v) is 5.58. The number of para-hydroxylation sites is 1. The van der Waals surface area contributed by atoms with Crippen LogP contribution in [0.4, 0.5) is 0 Å². The summed E-state index contributed by atoms with van der Waals surface area (Å²) in [6, 6.07) is 10.7. The van der Waals surface area contributed by atoms with Crippen LogP contribution in [0, 0.1) is 11.3 Å². The lowest BCUT2D eigenvalue weighted by Gasteiger charge is -2.35. The van der Waals surface area contributed by atoms with Gasteiger partial charge in [-0.25, -0.2) is 0 Å². The standard InChI is InChI=1S/C16H20N4/c1-18-7-9-20(10-8-18)16(11-17)14-12-19(2)15-6-4-3-5-13(14)15/h3-6,12,16H,7-10H2,1-2H3. The van der Waals surface area contributed by atoms with E-state index >= 15 is 0 Å². The molecule has 2 heterocycles. The number of likely N-dealkylation sites (N-methyl/N-ethyl adjacent to an activating group) is 1. The van der Waals surface area contributed by atoms with E-state index in [1.807, 2.05) is 19.2 Å². The first kappa shape index (κ1) is 13.2. The van der Waals surface area contributed by atoms with Crippen LogP contribution in [-0.2, 0) is 7.05 Å². The van der Waals surface area contributed by atoms with Crippen molar-refractivity contribution in [2.24, 2.45) is 7.05 Å². The van der Waals surface area contributed by atoms with Crippen LogP contribution in [0.1, 0.15) is 11.6 Å². The molecule has 0 bridgehead atoms. The maximum absolute atomic E-state index is 9.65. The van der Waals surface area contributed by atoms with Crippen LogP contribution in [0.25, 0.3) is 10.9 Å². The summed E-state index contributed by atoms with van der Waals surface area (Å²) in [5.41, 5.74) is 2.33. The number of hydrogen-bond acceptors (Lipinski definition) is 3. The molecule has 4 heteroatoms. The minimum atomic E-state index is -0.144. The number of nitriles is 1. The molecule has 2 aromatic rings. The summed E-state index contributed by atoms with van der Waals surface area (Å²) in [7, 11) is 4.18. The van der Waals surface area contributed by atoms with Gasteiger partial charge in [0.1, 0.15) is 6.04 Å². The number of benzene rings is 1. The highest BCUT2D eigenvalue weighted by Gasteiger charge is 2.26. The van der Waals surface area contributed by atoms with E-state index in [1.54, 1.807) is 0 Å². The average molecular weight is 268 g/mol. The highest BCUT2D eigenvalue weighted by atomic mass is 15.3. The van der Waals surface area contributed by atoms with E-state index in [2.05, 4.69) is 45.8 Å². The number of piperazine rings is 1. The molecule has 1 aromatic carbocycles. The van der Waals surface area contributed by atoms with E-state index in [9.17, 15) is 5.26 Å². The molecule has 20 heavy (non-hydrogen) atoms. The van der Waals surface area contributed by atoms with E-state index in [0.29, 0.717) is 0 Å². The first-order valence-corrected chi connectivity index (χ1v) is 7.07. The molecule has 1 aliphatic heterocycles. The zero-order valence-corrected chi connectivity index (χ0v) is 12.1. The van der Waals surface area contributed by atoms with Crippen molar-refractivity contribution in [1.82, 2.24) is 14.4 Å². The molecule has 1 aromatic heterocycles. The highest BCUT2D eigenvalue weighted by molar-refractivity contribution is 5.84. The van der Waals surface area contributed by atoms with Crippen LogP contribution in [0.3, 0.4) is 0 Å². The Morgan fingerprint density at radius 3 is 2.50 bits per heavy atom. The fraction of sp³-hybridized carbons (Fsp3) is 0.438. The van der Waals surface area contributed by atoms with Gasteiger partial charge in [0.25, 0.3) is 0 Å². The molecule has 3 rings (SSSR count). The molecule has 0 amide bonds. The zero-order chi connectivity index (χ0) is 14.1. The van der Waals surface area contributed by atoms with Crippen molar-refractivity contribution in [2.75, 3.05) is 33.2 Å². The van der Waals surface area contributed by atoms with E-state index < -0.39 is 0 Å². The Morgan fingerprint density at radius 2 is 1.80 bits per heavy atom. The number of aromatic nitrogens is 1. The van der Waals surface area contributed by atoms with Gasteiger partial charge in [-0.2, -0.15) is 5.26 Å². The molecule has 0 aliphatic carbocycles. The number of rotatable bonds is 2. The van der Waals surface area contributed by atoms with Crippen molar-refractivity contribution < 1.29 is 0 Å². The van der Waals surface area contributed by atoms with E-state index in [-0.39, 0.29) is 6.04 Å². The first-order chi connectivity index (χ1) is 9.70. The molecular weight excluding hydrogens is 248 g/mol. The Kier molecular flexibility index (Phi) is 3.47. The van der Waals surface area contributed by atoms with Gasteiger partial charge >= 0.3 is 0 Å². The molecule has 1 fully saturated rings. The molecule has 0 spiro atoms. The molecule has 0 radical (unpaired) electrons. The Balaban J connectivity index is 1.98. The van der Waals surface area contributed by atoms with E-state index in [4.69, 9.17) is 0 Å². The number of aryl methyl sites for hydroxylation is 1. The van der Waals surface area contributed by atoms with Crippen molar-refractivity contribution in [1.29, 1.82) is 5.26 Å². The summed E-state index contributed by atoms with van der Waals surface area (Å²) in [6.07, 6.45) is 2.11. The molecular formula is C16H20N4. The Hall–Kier alpha value is -1.83. The van der Waals surface area contributed by atoms with Crippen LogP contribution in [0.15, 0.2) is 30.5 Å². The van der Waals surface area contributed by atoms with Gasteiger partial charge in [0.15, 0.2) is 0 Å². The normalized spacial score (nSPS) is 19.1. The average Bonchev–Trinajstić information content (AvgIpc) is 2.80. The number of fused-ring (bicyclic) bond motifs is 1. The third-order valence-electron chi connectivity index (χ3n) is 4.25. The summed E-state index contributed by atoms with van der Waals surface area (Å²) in [4.78, 5) is 4.61. The summed E-state index contributed by atoms with van der Waals surface area (Å²) >= 11 is 0. The van der Waals surface area contributed by atoms with Crippen molar-refractivity contribution in [2.45, 2.75) is 6.04 Å². The lowest BCUT2D eigenvalue weighted by Crippen LogP contribution is -2.45. The molecule has 104 valence electrons. The summed E-state index contributed by atoms with van der Waals surface area (Å²) in [5.74, 6) is 0. The van der Waals surface area contributed by atoms with Crippen LogP contribution in [-0.4, -0.2) is 47.6 Å². The Morgan fingerprint density at radius 1 is 1.10 bits per heavy atom. The topological polar surface area (TPSA) is 35.2 Å². The summed E-state index contributed by atoms with van der Waals surface area (Å²) in [5, 5.41) is 10.8. The quantitative estimate of drug-likeness (QED) is 0.835. The molecule has 1 unspecified atom stereocenters. The summed E-state index contributed by atoms with van der Waals surface area (Å²) < 4.78 is 2.12. The highest BCUT2D eigenvalue weighted by Crippen LogP contribution is 2.29. The fourth-order valence-electron chi connectivity index (χ4n) is 3.02. The van der Waals surface area contributed by atoms with Crippen LogP contribution >= 0.6 is 0 Å². The third-order valence-corrected chi connectivity index (χ3v) is 4.25. The third kappa shape index (κ3) is 2.20. The monoisotopic (exact) mass is 268 g/mol.